The van der Waals surface area contributed by atoms with Crippen LogP contribution in [0, 0.1) is 6.92 Å². The summed E-state index contributed by atoms with van der Waals surface area (Å²) in [5.74, 6) is 0.703. The highest BCUT2D eigenvalue weighted by molar-refractivity contribution is 7.09. The number of rotatable bonds is 8. The molecule has 2 aromatic heterocycles. The smallest absolute Gasteiger partial charge is 0.254 e. The van der Waals surface area contributed by atoms with Crippen LogP contribution in [0.4, 0.5) is 0 Å². The molecule has 5 rings (SSSR count). The average molecular weight is 474 g/mol. The van der Waals surface area contributed by atoms with Crippen LogP contribution in [0.5, 0.6) is 0 Å². The molecular formula is C26H27N5O2S. The Hall–Kier alpha value is -3.36. The Morgan fingerprint density at radius 1 is 1.18 bits per heavy atom. The molecule has 0 radical (unpaired) electrons. The molecule has 1 amide bonds. The maximum atomic E-state index is 13.4. The Kier molecular flexibility index (Phi) is 6.02. The summed E-state index contributed by atoms with van der Waals surface area (Å²) >= 11 is 1.59. The van der Waals surface area contributed by atoms with E-state index < -0.39 is 5.54 Å². The lowest BCUT2D eigenvalue weighted by atomic mass is 9.94. The first kappa shape index (κ1) is 22.4. The maximum absolute atomic E-state index is 13.4. The molecule has 2 heterocycles. The summed E-state index contributed by atoms with van der Waals surface area (Å²) in [5.41, 5.74) is 9.09. The van der Waals surface area contributed by atoms with Gasteiger partial charge in [-0.3, -0.25) is 4.79 Å². The topological polar surface area (TPSA) is 98.1 Å². The average Bonchev–Trinajstić information content (AvgIpc) is 3.38. The van der Waals surface area contributed by atoms with Crippen molar-refractivity contribution in [2.24, 2.45) is 5.73 Å². The molecule has 1 fully saturated rings. The number of hydrogen-bond donors (Lipinski definition) is 1. The highest BCUT2D eigenvalue weighted by Crippen LogP contribution is 2.31. The SMILES string of the molecule is Cc1csc(CN(C(=O)c2cccc(-c3nnc([C@](C)(N)Cc4ccccc4)o3)c2)C2CC2)n1. The highest BCUT2D eigenvalue weighted by atomic mass is 32.1. The van der Waals surface area contributed by atoms with E-state index in [1.54, 1.807) is 11.3 Å². The van der Waals surface area contributed by atoms with Gasteiger partial charge in [0.25, 0.3) is 5.91 Å². The number of benzene rings is 2. The second-order valence-corrected chi connectivity index (χ2v) is 10.1. The van der Waals surface area contributed by atoms with Crippen molar-refractivity contribution in [2.45, 2.75) is 51.2 Å². The molecular weight excluding hydrogens is 446 g/mol. The Morgan fingerprint density at radius 3 is 2.68 bits per heavy atom. The second kappa shape index (κ2) is 9.12. The zero-order chi connectivity index (χ0) is 23.7. The van der Waals surface area contributed by atoms with Gasteiger partial charge in [0.05, 0.1) is 12.1 Å². The predicted octanol–water partition coefficient (Wildman–Crippen LogP) is 4.72. The predicted molar refractivity (Wildman–Crippen MR) is 131 cm³/mol. The van der Waals surface area contributed by atoms with Gasteiger partial charge in [0.15, 0.2) is 0 Å². The van der Waals surface area contributed by atoms with Crippen molar-refractivity contribution < 1.29 is 9.21 Å². The Labute approximate surface area is 202 Å². The van der Waals surface area contributed by atoms with E-state index in [9.17, 15) is 4.79 Å². The molecule has 2 N–H and O–H groups in total. The van der Waals surface area contributed by atoms with Crippen molar-refractivity contribution in [1.29, 1.82) is 0 Å². The summed E-state index contributed by atoms with van der Waals surface area (Å²) in [7, 11) is 0. The summed E-state index contributed by atoms with van der Waals surface area (Å²) in [5, 5.41) is 11.4. The van der Waals surface area contributed by atoms with Crippen LogP contribution in [0.2, 0.25) is 0 Å². The number of nitrogens with zero attached hydrogens (tertiary/aromatic N) is 4. The molecule has 0 unspecified atom stereocenters. The molecule has 0 aliphatic heterocycles. The van der Waals surface area contributed by atoms with Crippen LogP contribution < -0.4 is 5.73 Å². The van der Waals surface area contributed by atoms with Gasteiger partial charge in [-0.25, -0.2) is 4.98 Å². The van der Waals surface area contributed by atoms with E-state index in [0.29, 0.717) is 35.9 Å². The third-order valence-electron chi connectivity index (χ3n) is 5.90. The van der Waals surface area contributed by atoms with Crippen LogP contribution in [0.1, 0.15) is 52.3 Å². The van der Waals surface area contributed by atoms with Gasteiger partial charge in [0, 0.05) is 28.2 Å². The van der Waals surface area contributed by atoms with Crippen molar-refractivity contribution in [3.63, 3.8) is 0 Å². The molecule has 0 bridgehead atoms. The molecule has 0 spiro atoms. The van der Waals surface area contributed by atoms with Crippen LogP contribution in [0.25, 0.3) is 11.5 Å². The van der Waals surface area contributed by atoms with Gasteiger partial charge in [0.2, 0.25) is 11.8 Å². The first-order valence-corrected chi connectivity index (χ1v) is 12.3. The van der Waals surface area contributed by atoms with Crippen LogP contribution in [-0.4, -0.2) is 32.0 Å². The van der Waals surface area contributed by atoms with Crippen molar-refractivity contribution in [1.82, 2.24) is 20.1 Å². The number of carbonyl (C=O) groups excluding carboxylic acids is 1. The van der Waals surface area contributed by atoms with E-state index >= 15 is 0 Å². The number of hydrogen-bond acceptors (Lipinski definition) is 7. The number of thiazole rings is 1. The lowest BCUT2D eigenvalue weighted by Crippen LogP contribution is -2.35. The Balaban J connectivity index is 1.36. The lowest BCUT2D eigenvalue weighted by Gasteiger charge is -2.21. The van der Waals surface area contributed by atoms with Crippen LogP contribution in [-0.2, 0) is 18.5 Å². The molecule has 34 heavy (non-hydrogen) atoms. The fourth-order valence-corrected chi connectivity index (χ4v) is 4.76. The van der Waals surface area contributed by atoms with E-state index in [-0.39, 0.29) is 11.9 Å². The molecule has 7 nitrogen and oxygen atoms in total. The fourth-order valence-electron chi connectivity index (χ4n) is 3.99. The van der Waals surface area contributed by atoms with Gasteiger partial charge in [-0.05, 0) is 56.9 Å². The van der Waals surface area contributed by atoms with Crippen molar-refractivity contribution >= 4 is 17.2 Å². The zero-order valence-electron chi connectivity index (χ0n) is 19.3. The van der Waals surface area contributed by atoms with Crippen molar-refractivity contribution in [2.75, 3.05) is 0 Å². The van der Waals surface area contributed by atoms with Gasteiger partial charge in [-0.15, -0.1) is 21.5 Å². The summed E-state index contributed by atoms with van der Waals surface area (Å²) in [4.78, 5) is 19.9. The van der Waals surface area contributed by atoms with Gasteiger partial charge in [-0.2, -0.15) is 0 Å². The van der Waals surface area contributed by atoms with E-state index in [0.717, 1.165) is 29.1 Å². The van der Waals surface area contributed by atoms with E-state index in [4.69, 9.17) is 10.2 Å². The number of nitrogens with two attached hydrogens (primary N) is 1. The van der Waals surface area contributed by atoms with Crippen molar-refractivity contribution in [3.05, 3.63) is 87.7 Å². The minimum Gasteiger partial charge on any atom is -0.419 e. The zero-order valence-corrected chi connectivity index (χ0v) is 20.1. The first-order chi connectivity index (χ1) is 16.4. The largest absolute Gasteiger partial charge is 0.419 e. The molecule has 1 aliphatic carbocycles. The molecule has 1 saturated carbocycles. The number of amides is 1. The number of aryl methyl sites for hydroxylation is 1. The monoisotopic (exact) mass is 473 g/mol. The fraction of sp³-hybridized carbons (Fsp3) is 0.308. The highest BCUT2D eigenvalue weighted by Gasteiger charge is 2.34. The van der Waals surface area contributed by atoms with Gasteiger partial charge >= 0.3 is 0 Å². The number of carbonyl (C=O) groups is 1. The third-order valence-corrected chi connectivity index (χ3v) is 6.86. The molecule has 0 saturated heterocycles. The van der Waals surface area contributed by atoms with E-state index in [1.165, 1.54) is 0 Å². The van der Waals surface area contributed by atoms with Gasteiger partial charge < -0.3 is 15.1 Å². The molecule has 4 aromatic rings. The standard InChI is InChI=1S/C26H27N5O2S/c1-17-16-34-22(28-17)15-31(21-11-12-21)24(32)20-10-6-9-19(13-20)23-29-30-25(33-23)26(2,27)14-18-7-4-3-5-8-18/h3-10,13,16,21H,11-12,14-15,27H2,1-2H3/t26-/m1/s1. The normalized spacial score (nSPS) is 15.1. The second-order valence-electron chi connectivity index (χ2n) is 9.12. The maximum Gasteiger partial charge on any atom is 0.254 e. The Morgan fingerprint density at radius 2 is 1.97 bits per heavy atom. The van der Waals surface area contributed by atoms with Crippen LogP contribution in [0.3, 0.4) is 0 Å². The Bertz CT molecular complexity index is 1290. The number of aromatic nitrogens is 3. The molecule has 8 heteroatoms. The first-order valence-electron chi connectivity index (χ1n) is 11.4. The summed E-state index contributed by atoms with van der Waals surface area (Å²) < 4.78 is 5.98. The van der Waals surface area contributed by atoms with E-state index in [1.807, 2.05) is 78.7 Å². The van der Waals surface area contributed by atoms with Crippen molar-refractivity contribution in [3.8, 4) is 11.5 Å². The van der Waals surface area contributed by atoms with Crippen LogP contribution in [0.15, 0.2) is 64.4 Å². The minimum absolute atomic E-state index is 0.00955. The lowest BCUT2D eigenvalue weighted by molar-refractivity contribution is 0.0729. The summed E-state index contributed by atoms with van der Waals surface area (Å²) in [6.07, 6.45) is 2.62. The summed E-state index contributed by atoms with van der Waals surface area (Å²) in [6.45, 7) is 4.38. The molecule has 1 atom stereocenters. The molecule has 2 aromatic carbocycles. The van der Waals surface area contributed by atoms with Gasteiger partial charge in [-0.1, -0.05) is 36.4 Å². The minimum atomic E-state index is -0.811. The summed E-state index contributed by atoms with van der Waals surface area (Å²) in [6, 6.07) is 17.6. The quantitative estimate of drug-likeness (QED) is 0.397. The van der Waals surface area contributed by atoms with E-state index in [2.05, 4.69) is 15.2 Å². The molecule has 1 aliphatic rings. The molecule has 174 valence electrons. The third kappa shape index (κ3) is 4.93. The van der Waals surface area contributed by atoms with Gasteiger partial charge in [0.1, 0.15) is 5.01 Å². The van der Waals surface area contributed by atoms with Crippen LogP contribution >= 0.6 is 11.3 Å².